The van der Waals surface area contributed by atoms with E-state index in [0.29, 0.717) is 6.61 Å². The van der Waals surface area contributed by atoms with Gasteiger partial charge in [0.25, 0.3) is 0 Å². The maximum absolute atomic E-state index is 5.62. The molecule has 0 aliphatic rings. The molecule has 1 rings (SSSR count). The van der Waals surface area contributed by atoms with Crippen molar-refractivity contribution in [2.45, 2.75) is 19.9 Å². The molecule has 0 saturated heterocycles. The number of hydrogen-bond donors (Lipinski definition) is 1. The van der Waals surface area contributed by atoms with E-state index in [1.165, 1.54) is 0 Å². The fourth-order valence-corrected chi connectivity index (χ4v) is 1.46. The van der Waals surface area contributed by atoms with Crippen molar-refractivity contribution in [1.82, 2.24) is 5.32 Å². The highest BCUT2D eigenvalue weighted by molar-refractivity contribution is 5.40. The van der Waals surface area contributed by atoms with E-state index < -0.39 is 0 Å². The van der Waals surface area contributed by atoms with Crippen LogP contribution in [0.3, 0.4) is 0 Å². The van der Waals surface area contributed by atoms with Crippen LogP contribution in [0, 0.1) is 0 Å². The molecule has 17 heavy (non-hydrogen) atoms. The number of rotatable bonds is 8. The van der Waals surface area contributed by atoms with Crippen molar-refractivity contribution >= 4 is 0 Å². The van der Waals surface area contributed by atoms with Crippen LogP contribution in [0.5, 0.6) is 11.5 Å². The fourth-order valence-electron chi connectivity index (χ4n) is 1.46. The average molecular weight is 235 g/mol. The molecule has 0 aliphatic carbocycles. The van der Waals surface area contributed by atoms with Crippen molar-refractivity contribution in [3.63, 3.8) is 0 Å². The van der Waals surface area contributed by atoms with E-state index in [-0.39, 0.29) is 0 Å². The van der Waals surface area contributed by atoms with Gasteiger partial charge >= 0.3 is 0 Å². The van der Waals surface area contributed by atoms with Gasteiger partial charge in [-0.15, -0.1) is 0 Å². The quantitative estimate of drug-likeness (QED) is 0.703. The van der Waals surface area contributed by atoms with Gasteiger partial charge in [0.1, 0.15) is 18.1 Å². The van der Waals surface area contributed by atoms with Gasteiger partial charge in [0.2, 0.25) is 0 Å². The molecule has 0 aliphatic heterocycles. The van der Waals surface area contributed by atoms with Crippen molar-refractivity contribution in [2.24, 2.45) is 0 Å². The zero-order valence-corrected chi connectivity index (χ0v) is 10.7. The summed E-state index contributed by atoms with van der Waals surface area (Å²) in [6.07, 6.45) is 2.74. The topological polar surface area (TPSA) is 30.5 Å². The van der Waals surface area contributed by atoms with E-state index in [4.69, 9.17) is 9.47 Å². The summed E-state index contributed by atoms with van der Waals surface area (Å²) in [4.78, 5) is 0. The highest BCUT2D eigenvalue weighted by Crippen LogP contribution is 2.25. The maximum atomic E-state index is 5.62. The lowest BCUT2D eigenvalue weighted by Gasteiger charge is -2.12. The normalized spacial score (nSPS) is 10.0. The molecule has 3 nitrogen and oxygen atoms in total. The minimum absolute atomic E-state index is 0.508. The van der Waals surface area contributed by atoms with Gasteiger partial charge in [-0.3, -0.25) is 0 Å². The van der Waals surface area contributed by atoms with Gasteiger partial charge in [0.05, 0.1) is 6.61 Å². The molecule has 1 N–H and O–H groups in total. The summed E-state index contributed by atoms with van der Waals surface area (Å²) in [6.45, 7) is 7.75. The molecule has 0 amide bonds. The molecule has 0 fully saturated rings. The van der Waals surface area contributed by atoms with Crippen LogP contribution in [0.2, 0.25) is 0 Å². The summed E-state index contributed by atoms with van der Waals surface area (Å²) in [7, 11) is 1.92. The Kier molecular flexibility index (Phi) is 6.18. The van der Waals surface area contributed by atoms with Crippen molar-refractivity contribution in [2.75, 3.05) is 20.3 Å². The first-order valence-electron chi connectivity index (χ1n) is 5.95. The first-order valence-corrected chi connectivity index (χ1v) is 5.95. The summed E-state index contributed by atoms with van der Waals surface area (Å²) >= 11 is 0. The number of benzene rings is 1. The smallest absolute Gasteiger partial charge is 0.127 e. The molecule has 0 heterocycles. The lowest BCUT2D eigenvalue weighted by atomic mass is 10.2. The lowest BCUT2D eigenvalue weighted by Crippen LogP contribution is -2.08. The third-order valence-corrected chi connectivity index (χ3v) is 2.24. The molecule has 3 heteroatoms. The van der Waals surface area contributed by atoms with Crippen molar-refractivity contribution in [3.05, 3.63) is 36.4 Å². The number of nitrogens with one attached hydrogen (secondary N) is 1. The zero-order valence-electron chi connectivity index (χ0n) is 10.7. The summed E-state index contributed by atoms with van der Waals surface area (Å²) in [6, 6.07) is 5.94. The van der Waals surface area contributed by atoms with Crippen molar-refractivity contribution in [1.29, 1.82) is 0 Å². The summed E-state index contributed by atoms with van der Waals surface area (Å²) < 4.78 is 11.2. The van der Waals surface area contributed by atoms with Crippen LogP contribution in [0.25, 0.3) is 0 Å². The van der Waals surface area contributed by atoms with Crippen LogP contribution in [0.15, 0.2) is 30.9 Å². The van der Waals surface area contributed by atoms with E-state index in [1.54, 1.807) is 6.08 Å². The molecule has 1 aromatic carbocycles. The Bertz CT molecular complexity index is 350. The SMILES string of the molecule is C=CCOc1cc(OCCC)ccc1CNC. The van der Waals surface area contributed by atoms with Crippen LogP contribution >= 0.6 is 0 Å². The van der Waals surface area contributed by atoms with Gasteiger partial charge in [-0.1, -0.05) is 25.6 Å². The fraction of sp³-hybridized carbons (Fsp3) is 0.429. The Balaban J connectivity index is 2.80. The predicted molar refractivity (Wildman–Crippen MR) is 70.7 cm³/mol. The monoisotopic (exact) mass is 235 g/mol. The molecule has 0 spiro atoms. The molecule has 0 unspecified atom stereocenters. The number of hydrogen-bond acceptors (Lipinski definition) is 3. The van der Waals surface area contributed by atoms with E-state index in [2.05, 4.69) is 18.8 Å². The predicted octanol–water partition coefficient (Wildman–Crippen LogP) is 2.76. The molecule has 0 aromatic heterocycles. The summed E-state index contributed by atoms with van der Waals surface area (Å²) in [5, 5.41) is 3.12. The van der Waals surface area contributed by atoms with E-state index in [9.17, 15) is 0 Å². The van der Waals surface area contributed by atoms with Crippen LogP contribution in [0.1, 0.15) is 18.9 Å². The van der Waals surface area contributed by atoms with Gasteiger partial charge in [0, 0.05) is 18.2 Å². The van der Waals surface area contributed by atoms with Crippen LogP contribution < -0.4 is 14.8 Å². The average Bonchev–Trinajstić information content (AvgIpc) is 2.36. The Morgan fingerprint density at radius 3 is 2.82 bits per heavy atom. The highest BCUT2D eigenvalue weighted by Gasteiger charge is 2.05. The summed E-state index contributed by atoms with van der Waals surface area (Å²) in [5.41, 5.74) is 1.12. The minimum Gasteiger partial charge on any atom is -0.493 e. The first kappa shape index (κ1) is 13.6. The molecule has 0 bridgehead atoms. The molecule has 0 saturated carbocycles. The van der Waals surface area contributed by atoms with Crippen LogP contribution in [0.4, 0.5) is 0 Å². The van der Waals surface area contributed by atoms with Gasteiger partial charge < -0.3 is 14.8 Å². The third-order valence-electron chi connectivity index (χ3n) is 2.24. The Morgan fingerprint density at radius 2 is 2.18 bits per heavy atom. The maximum Gasteiger partial charge on any atom is 0.127 e. The molecule has 0 radical (unpaired) electrons. The Morgan fingerprint density at radius 1 is 1.35 bits per heavy atom. The first-order chi connectivity index (χ1) is 8.31. The van der Waals surface area contributed by atoms with Crippen LogP contribution in [-0.4, -0.2) is 20.3 Å². The second-order valence-corrected chi connectivity index (χ2v) is 3.75. The molecule has 0 atom stereocenters. The Labute approximate surface area is 103 Å². The number of ether oxygens (including phenoxy) is 2. The highest BCUT2D eigenvalue weighted by atomic mass is 16.5. The van der Waals surface area contributed by atoms with E-state index >= 15 is 0 Å². The molecular weight excluding hydrogens is 214 g/mol. The third kappa shape index (κ3) is 4.49. The van der Waals surface area contributed by atoms with Gasteiger partial charge in [-0.2, -0.15) is 0 Å². The lowest BCUT2D eigenvalue weighted by molar-refractivity contribution is 0.311. The Hall–Kier alpha value is -1.48. The molecular formula is C14H21NO2. The largest absolute Gasteiger partial charge is 0.493 e. The minimum atomic E-state index is 0.508. The van der Waals surface area contributed by atoms with Gasteiger partial charge in [0.15, 0.2) is 0 Å². The zero-order chi connectivity index (χ0) is 12.5. The van der Waals surface area contributed by atoms with Crippen molar-refractivity contribution < 1.29 is 9.47 Å². The second-order valence-electron chi connectivity index (χ2n) is 3.75. The van der Waals surface area contributed by atoms with Crippen LogP contribution in [-0.2, 0) is 6.54 Å². The van der Waals surface area contributed by atoms with E-state index in [0.717, 1.165) is 36.6 Å². The van der Waals surface area contributed by atoms with Crippen molar-refractivity contribution in [3.8, 4) is 11.5 Å². The van der Waals surface area contributed by atoms with Gasteiger partial charge in [-0.25, -0.2) is 0 Å². The molecule has 1 aromatic rings. The van der Waals surface area contributed by atoms with E-state index in [1.807, 2.05) is 25.2 Å². The standard InChI is InChI=1S/C14H21NO2/c1-4-8-16-13-7-6-12(11-15-3)14(10-13)17-9-5-2/h5-7,10,15H,2,4,8-9,11H2,1,3H3. The second kappa shape index (κ2) is 7.74. The molecule has 94 valence electrons. The van der Waals surface area contributed by atoms with Gasteiger partial charge in [-0.05, 0) is 19.5 Å². The summed E-state index contributed by atoms with van der Waals surface area (Å²) in [5.74, 6) is 1.71.